The Kier molecular flexibility index (Phi) is 4.33. The summed E-state index contributed by atoms with van der Waals surface area (Å²) in [6, 6.07) is 8.84. The molecule has 2 atom stereocenters. The van der Waals surface area contributed by atoms with Crippen molar-refractivity contribution in [2.75, 3.05) is 13.1 Å². The molecule has 1 fully saturated rings. The van der Waals surface area contributed by atoms with Gasteiger partial charge in [-0.1, -0.05) is 37.3 Å². The third kappa shape index (κ3) is 3.31. The highest BCUT2D eigenvalue weighted by molar-refractivity contribution is 5.75. The summed E-state index contributed by atoms with van der Waals surface area (Å²) in [5.74, 6) is -0.0734. The Morgan fingerprint density at radius 2 is 2.17 bits per heavy atom. The Balaban J connectivity index is 1.91. The van der Waals surface area contributed by atoms with Gasteiger partial charge in [-0.15, -0.1) is 5.06 Å². The Morgan fingerprint density at radius 3 is 2.83 bits per heavy atom. The maximum absolute atomic E-state index is 11.8. The summed E-state index contributed by atoms with van der Waals surface area (Å²) in [4.78, 5) is 17.0. The number of carbonyl (C=O) groups excluding carboxylic acids is 1. The molecule has 1 aliphatic heterocycles. The zero-order valence-electron chi connectivity index (χ0n) is 10.6. The molecule has 0 radical (unpaired) electrons. The first-order valence-electron chi connectivity index (χ1n) is 6.36. The van der Waals surface area contributed by atoms with E-state index in [4.69, 9.17) is 4.84 Å². The van der Waals surface area contributed by atoms with Gasteiger partial charge in [0, 0.05) is 13.1 Å². The number of rotatable bonds is 3. The third-order valence-electron chi connectivity index (χ3n) is 3.18. The van der Waals surface area contributed by atoms with Crippen molar-refractivity contribution in [2.24, 2.45) is 5.92 Å². The van der Waals surface area contributed by atoms with Crippen LogP contribution in [0.3, 0.4) is 0 Å². The van der Waals surface area contributed by atoms with E-state index >= 15 is 0 Å². The molecular formula is C14H19NO3. The molecule has 0 spiro atoms. The molecular weight excluding hydrogens is 230 g/mol. The molecule has 4 heteroatoms. The predicted octanol–water partition coefficient (Wildman–Crippen LogP) is 1.91. The molecule has 0 amide bonds. The van der Waals surface area contributed by atoms with Crippen LogP contribution < -0.4 is 0 Å². The number of hydrogen-bond acceptors (Lipinski definition) is 4. The highest BCUT2D eigenvalue weighted by Crippen LogP contribution is 2.19. The van der Waals surface area contributed by atoms with Gasteiger partial charge in [0.15, 0.2) is 6.10 Å². The lowest BCUT2D eigenvalue weighted by Crippen LogP contribution is -2.37. The van der Waals surface area contributed by atoms with Gasteiger partial charge < -0.3 is 9.94 Å². The fourth-order valence-electron chi connectivity index (χ4n) is 2.18. The standard InChI is InChI=1S/C14H19NO3/c1-11-6-5-9-15(10-11)18-14(17)13(16)12-7-3-2-4-8-12/h2-4,7-8,11,13,16H,5-6,9-10H2,1H3/t11-,13-/m1/s1. The van der Waals surface area contributed by atoms with E-state index in [1.807, 2.05) is 6.07 Å². The number of aliphatic hydroxyl groups is 1. The van der Waals surface area contributed by atoms with Crippen molar-refractivity contribution in [1.29, 1.82) is 0 Å². The second-order valence-electron chi connectivity index (χ2n) is 4.86. The second-order valence-corrected chi connectivity index (χ2v) is 4.86. The molecule has 98 valence electrons. The van der Waals surface area contributed by atoms with Gasteiger partial charge >= 0.3 is 5.97 Å². The van der Waals surface area contributed by atoms with Crippen molar-refractivity contribution in [2.45, 2.75) is 25.9 Å². The van der Waals surface area contributed by atoms with Gasteiger partial charge in [-0.3, -0.25) is 0 Å². The predicted molar refractivity (Wildman–Crippen MR) is 67.5 cm³/mol. The molecule has 1 N–H and O–H groups in total. The lowest BCUT2D eigenvalue weighted by molar-refractivity contribution is -0.207. The normalized spacial score (nSPS) is 22.4. The van der Waals surface area contributed by atoms with Gasteiger partial charge in [0.2, 0.25) is 0 Å². The van der Waals surface area contributed by atoms with Crippen LogP contribution in [-0.4, -0.2) is 29.2 Å². The van der Waals surface area contributed by atoms with Crippen molar-refractivity contribution in [1.82, 2.24) is 5.06 Å². The van der Waals surface area contributed by atoms with Gasteiger partial charge in [0.25, 0.3) is 0 Å². The van der Waals surface area contributed by atoms with Gasteiger partial charge in [-0.25, -0.2) is 4.79 Å². The summed E-state index contributed by atoms with van der Waals surface area (Å²) in [6.07, 6.45) is 0.981. The fraction of sp³-hybridized carbons (Fsp3) is 0.500. The number of nitrogens with zero attached hydrogens (tertiary/aromatic N) is 1. The molecule has 1 aromatic carbocycles. The molecule has 0 bridgehead atoms. The SMILES string of the molecule is C[C@@H]1CCCN(OC(=O)[C@H](O)c2ccccc2)C1. The van der Waals surface area contributed by atoms with Crippen LogP contribution >= 0.6 is 0 Å². The Morgan fingerprint density at radius 1 is 1.44 bits per heavy atom. The molecule has 0 aromatic heterocycles. The number of carbonyl (C=O) groups is 1. The highest BCUT2D eigenvalue weighted by Gasteiger charge is 2.24. The van der Waals surface area contributed by atoms with Crippen LogP contribution in [0.15, 0.2) is 30.3 Å². The van der Waals surface area contributed by atoms with Crippen molar-refractivity contribution in [3.05, 3.63) is 35.9 Å². The molecule has 0 aliphatic carbocycles. The molecule has 1 aromatic rings. The Labute approximate surface area is 107 Å². The van der Waals surface area contributed by atoms with E-state index in [1.54, 1.807) is 29.3 Å². The smallest absolute Gasteiger partial charge is 0.358 e. The van der Waals surface area contributed by atoms with E-state index < -0.39 is 12.1 Å². The minimum Gasteiger partial charge on any atom is -0.377 e. The zero-order valence-corrected chi connectivity index (χ0v) is 10.6. The minimum absolute atomic E-state index is 0.528. The van der Waals surface area contributed by atoms with Crippen LogP contribution in [0.2, 0.25) is 0 Å². The highest BCUT2D eigenvalue weighted by atomic mass is 16.7. The average Bonchev–Trinajstić information content (AvgIpc) is 2.39. The number of hydroxylamine groups is 2. The lowest BCUT2D eigenvalue weighted by atomic mass is 10.0. The summed E-state index contributed by atoms with van der Waals surface area (Å²) in [7, 11) is 0. The van der Waals surface area contributed by atoms with Gasteiger partial charge in [0.1, 0.15) is 0 Å². The van der Waals surface area contributed by atoms with Crippen LogP contribution in [0.5, 0.6) is 0 Å². The van der Waals surface area contributed by atoms with Gasteiger partial charge in [-0.05, 0) is 24.3 Å². The summed E-state index contributed by atoms with van der Waals surface area (Å²) in [6.45, 7) is 3.62. The minimum atomic E-state index is -1.21. The molecule has 0 saturated carbocycles. The average molecular weight is 249 g/mol. The van der Waals surface area contributed by atoms with Crippen LogP contribution in [0.1, 0.15) is 31.4 Å². The quantitative estimate of drug-likeness (QED) is 0.889. The van der Waals surface area contributed by atoms with E-state index in [0.717, 1.165) is 25.9 Å². The van der Waals surface area contributed by atoms with Crippen molar-refractivity contribution in [3.63, 3.8) is 0 Å². The number of piperidine rings is 1. The van der Waals surface area contributed by atoms with Crippen LogP contribution in [0.4, 0.5) is 0 Å². The van der Waals surface area contributed by atoms with Gasteiger partial charge in [-0.2, -0.15) is 0 Å². The Bertz CT molecular complexity index is 393. The van der Waals surface area contributed by atoms with Crippen molar-refractivity contribution < 1.29 is 14.7 Å². The van der Waals surface area contributed by atoms with Crippen molar-refractivity contribution in [3.8, 4) is 0 Å². The molecule has 1 saturated heterocycles. The maximum atomic E-state index is 11.8. The monoisotopic (exact) mass is 249 g/mol. The topological polar surface area (TPSA) is 49.8 Å². The fourth-order valence-corrected chi connectivity index (χ4v) is 2.18. The van der Waals surface area contributed by atoms with E-state index in [-0.39, 0.29) is 0 Å². The lowest BCUT2D eigenvalue weighted by Gasteiger charge is -2.29. The van der Waals surface area contributed by atoms with Crippen LogP contribution in [-0.2, 0) is 9.63 Å². The summed E-state index contributed by atoms with van der Waals surface area (Å²) < 4.78 is 0. The van der Waals surface area contributed by atoms with Gasteiger partial charge in [0.05, 0.1) is 0 Å². The largest absolute Gasteiger partial charge is 0.377 e. The molecule has 1 heterocycles. The van der Waals surface area contributed by atoms with Crippen molar-refractivity contribution >= 4 is 5.97 Å². The first-order chi connectivity index (χ1) is 8.66. The van der Waals surface area contributed by atoms with E-state index in [2.05, 4.69) is 6.92 Å². The third-order valence-corrected chi connectivity index (χ3v) is 3.18. The molecule has 0 unspecified atom stereocenters. The second kappa shape index (κ2) is 5.98. The first-order valence-corrected chi connectivity index (χ1v) is 6.36. The van der Waals surface area contributed by atoms with E-state index in [9.17, 15) is 9.90 Å². The summed E-state index contributed by atoms with van der Waals surface area (Å²) >= 11 is 0. The maximum Gasteiger partial charge on any atom is 0.358 e. The first kappa shape index (κ1) is 13.1. The Hall–Kier alpha value is -1.39. The molecule has 2 rings (SSSR count). The van der Waals surface area contributed by atoms with E-state index in [0.29, 0.717) is 11.5 Å². The number of aliphatic hydroxyl groups excluding tert-OH is 1. The zero-order chi connectivity index (χ0) is 13.0. The number of hydrogen-bond donors (Lipinski definition) is 1. The van der Waals surface area contributed by atoms with E-state index in [1.165, 1.54) is 0 Å². The summed E-state index contributed by atoms with van der Waals surface area (Å²) in [5.41, 5.74) is 0.563. The number of benzene rings is 1. The molecule has 1 aliphatic rings. The molecule has 4 nitrogen and oxygen atoms in total. The van der Waals surface area contributed by atoms with Crippen LogP contribution in [0.25, 0.3) is 0 Å². The summed E-state index contributed by atoms with van der Waals surface area (Å²) in [5, 5.41) is 11.5. The van der Waals surface area contributed by atoms with Crippen LogP contribution in [0, 0.1) is 5.92 Å². The molecule has 18 heavy (non-hydrogen) atoms.